The van der Waals surface area contributed by atoms with Crippen molar-refractivity contribution < 1.29 is 9.66 Å². The highest BCUT2D eigenvalue weighted by atomic mass is 16.6. The molecule has 0 aliphatic heterocycles. The first-order valence-corrected chi connectivity index (χ1v) is 4.29. The lowest BCUT2D eigenvalue weighted by Crippen LogP contribution is -1.95. The van der Waals surface area contributed by atoms with Crippen LogP contribution in [0.5, 0.6) is 5.75 Å². The third-order valence-electron chi connectivity index (χ3n) is 2.16. The molecular formula is C10H8N2O3. The van der Waals surface area contributed by atoms with Crippen molar-refractivity contribution in [1.82, 2.24) is 4.98 Å². The van der Waals surface area contributed by atoms with Crippen LogP contribution in [0.15, 0.2) is 30.6 Å². The van der Waals surface area contributed by atoms with Gasteiger partial charge in [0.15, 0.2) is 5.75 Å². The van der Waals surface area contributed by atoms with Crippen molar-refractivity contribution in [2.45, 2.75) is 0 Å². The number of hydrogen-bond donors (Lipinski definition) is 0. The summed E-state index contributed by atoms with van der Waals surface area (Å²) in [7, 11) is 1.41. The van der Waals surface area contributed by atoms with E-state index in [0.717, 1.165) is 5.39 Å². The molecule has 0 spiro atoms. The Hall–Kier alpha value is -2.17. The van der Waals surface area contributed by atoms with Crippen LogP contribution >= 0.6 is 0 Å². The average Bonchev–Trinajstić information content (AvgIpc) is 2.27. The van der Waals surface area contributed by atoms with E-state index in [1.54, 1.807) is 24.4 Å². The fraction of sp³-hybridized carbons (Fsp3) is 0.100. The Labute approximate surface area is 85.5 Å². The highest BCUT2D eigenvalue weighted by Crippen LogP contribution is 2.34. The number of methoxy groups -OCH3 is 1. The third kappa shape index (κ3) is 1.48. The van der Waals surface area contributed by atoms with Crippen LogP contribution in [0.2, 0.25) is 0 Å². The van der Waals surface area contributed by atoms with E-state index >= 15 is 0 Å². The maximum atomic E-state index is 10.9. The number of fused-ring (bicyclic) bond motifs is 1. The Bertz CT molecular complexity index is 525. The monoisotopic (exact) mass is 204 g/mol. The second-order valence-corrected chi connectivity index (χ2v) is 2.97. The van der Waals surface area contributed by atoms with Crippen LogP contribution in [0.4, 0.5) is 5.69 Å². The predicted molar refractivity (Wildman–Crippen MR) is 54.9 cm³/mol. The molecule has 76 valence electrons. The van der Waals surface area contributed by atoms with Gasteiger partial charge in [-0.1, -0.05) is 6.07 Å². The zero-order valence-electron chi connectivity index (χ0n) is 8.01. The summed E-state index contributed by atoms with van der Waals surface area (Å²) >= 11 is 0. The number of benzene rings is 1. The molecule has 0 bridgehead atoms. The molecule has 5 heteroatoms. The van der Waals surface area contributed by atoms with Gasteiger partial charge >= 0.3 is 5.69 Å². The van der Waals surface area contributed by atoms with Gasteiger partial charge in [-0.05, 0) is 17.5 Å². The van der Waals surface area contributed by atoms with Crippen LogP contribution in [0.25, 0.3) is 10.8 Å². The van der Waals surface area contributed by atoms with Gasteiger partial charge in [-0.2, -0.15) is 0 Å². The zero-order chi connectivity index (χ0) is 10.8. The molecular weight excluding hydrogens is 196 g/mol. The Morgan fingerprint density at radius 1 is 1.40 bits per heavy atom. The molecule has 0 N–H and O–H groups in total. The lowest BCUT2D eigenvalue weighted by Gasteiger charge is -2.03. The fourth-order valence-corrected chi connectivity index (χ4v) is 1.48. The van der Waals surface area contributed by atoms with Crippen LogP contribution in [0, 0.1) is 10.1 Å². The number of nitrogens with zero attached hydrogens (tertiary/aromatic N) is 2. The maximum Gasteiger partial charge on any atom is 0.320 e. The SMILES string of the molecule is COc1ccc2ccncc2c1[N+](=O)[O-]. The van der Waals surface area contributed by atoms with Crippen molar-refractivity contribution in [3.8, 4) is 5.75 Å². The van der Waals surface area contributed by atoms with Gasteiger partial charge in [-0.3, -0.25) is 15.1 Å². The van der Waals surface area contributed by atoms with Crippen LogP contribution in [-0.4, -0.2) is 17.0 Å². The Balaban J connectivity index is 2.85. The number of pyridine rings is 1. The van der Waals surface area contributed by atoms with E-state index in [1.165, 1.54) is 13.3 Å². The van der Waals surface area contributed by atoms with Crippen molar-refractivity contribution in [3.05, 3.63) is 40.7 Å². The minimum atomic E-state index is -0.456. The Morgan fingerprint density at radius 3 is 2.87 bits per heavy atom. The van der Waals surface area contributed by atoms with Crippen molar-refractivity contribution in [3.63, 3.8) is 0 Å². The summed E-state index contributed by atoms with van der Waals surface area (Å²) in [6.45, 7) is 0. The van der Waals surface area contributed by atoms with Crippen LogP contribution in [0.1, 0.15) is 0 Å². The second-order valence-electron chi connectivity index (χ2n) is 2.97. The van der Waals surface area contributed by atoms with Crippen molar-refractivity contribution in [2.24, 2.45) is 0 Å². The summed E-state index contributed by atoms with van der Waals surface area (Å²) in [4.78, 5) is 14.3. The van der Waals surface area contributed by atoms with E-state index in [9.17, 15) is 10.1 Å². The second kappa shape index (κ2) is 3.53. The van der Waals surface area contributed by atoms with Crippen molar-refractivity contribution in [2.75, 3.05) is 7.11 Å². The molecule has 1 heterocycles. The molecule has 0 aliphatic carbocycles. The lowest BCUT2D eigenvalue weighted by atomic mass is 10.1. The van der Waals surface area contributed by atoms with Gasteiger partial charge in [0.1, 0.15) is 0 Å². The van der Waals surface area contributed by atoms with Gasteiger partial charge < -0.3 is 4.74 Å². The van der Waals surface area contributed by atoms with Gasteiger partial charge in [0, 0.05) is 12.4 Å². The highest BCUT2D eigenvalue weighted by Gasteiger charge is 2.18. The van der Waals surface area contributed by atoms with Crippen LogP contribution in [-0.2, 0) is 0 Å². The first-order valence-electron chi connectivity index (χ1n) is 4.29. The number of rotatable bonds is 2. The maximum absolute atomic E-state index is 10.9. The van der Waals surface area contributed by atoms with Crippen LogP contribution in [0.3, 0.4) is 0 Å². The normalized spacial score (nSPS) is 10.2. The highest BCUT2D eigenvalue weighted by molar-refractivity contribution is 5.92. The molecule has 15 heavy (non-hydrogen) atoms. The fourth-order valence-electron chi connectivity index (χ4n) is 1.48. The average molecular weight is 204 g/mol. The van der Waals surface area contributed by atoms with Crippen molar-refractivity contribution in [1.29, 1.82) is 0 Å². The largest absolute Gasteiger partial charge is 0.490 e. The molecule has 0 unspecified atom stereocenters. The zero-order valence-corrected chi connectivity index (χ0v) is 8.01. The molecule has 0 saturated carbocycles. The van der Waals surface area contributed by atoms with Gasteiger partial charge in [0.05, 0.1) is 17.4 Å². The third-order valence-corrected chi connectivity index (χ3v) is 2.16. The van der Waals surface area contributed by atoms with Gasteiger partial charge in [0.25, 0.3) is 0 Å². The molecule has 0 aliphatic rings. The van der Waals surface area contributed by atoms with Crippen molar-refractivity contribution >= 4 is 16.5 Å². The van der Waals surface area contributed by atoms with E-state index in [4.69, 9.17) is 4.74 Å². The molecule has 1 aromatic carbocycles. The quantitative estimate of drug-likeness (QED) is 0.555. The predicted octanol–water partition coefficient (Wildman–Crippen LogP) is 2.15. The van der Waals surface area contributed by atoms with E-state index in [0.29, 0.717) is 5.39 Å². The molecule has 0 saturated heterocycles. The van der Waals surface area contributed by atoms with Gasteiger partial charge in [-0.25, -0.2) is 0 Å². The lowest BCUT2D eigenvalue weighted by molar-refractivity contribution is -0.383. The first-order chi connectivity index (χ1) is 7.24. The van der Waals surface area contributed by atoms with E-state index < -0.39 is 4.92 Å². The van der Waals surface area contributed by atoms with Gasteiger partial charge in [-0.15, -0.1) is 0 Å². The molecule has 0 radical (unpaired) electrons. The summed E-state index contributed by atoms with van der Waals surface area (Å²) in [5.41, 5.74) is -0.0388. The molecule has 0 amide bonds. The summed E-state index contributed by atoms with van der Waals surface area (Å²) < 4.78 is 4.95. The van der Waals surface area contributed by atoms with Crippen LogP contribution < -0.4 is 4.74 Å². The summed E-state index contributed by atoms with van der Waals surface area (Å²) in [6.07, 6.45) is 3.06. The molecule has 0 fully saturated rings. The van der Waals surface area contributed by atoms with E-state index in [-0.39, 0.29) is 11.4 Å². The Kier molecular flexibility index (Phi) is 2.21. The number of hydrogen-bond acceptors (Lipinski definition) is 4. The molecule has 2 rings (SSSR count). The number of aromatic nitrogens is 1. The smallest absolute Gasteiger partial charge is 0.320 e. The molecule has 2 aromatic rings. The standard InChI is InChI=1S/C10H8N2O3/c1-15-9-3-2-7-4-5-11-6-8(7)10(9)12(13)14/h2-6H,1H3. The minimum Gasteiger partial charge on any atom is -0.490 e. The molecule has 1 aromatic heterocycles. The Morgan fingerprint density at radius 2 is 2.20 bits per heavy atom. The molecule has 5 nitrogen and oxygen atoms in total. The topological polar surface area (TPSA) is 65.3 Å². The van der Waals surface area contributed by atoms with Gasteiger partial charge in [0.2, 0.25) is 0 Å². The summed E-state index contributed by atoms with van der Waals surface area (Å²) in [5.74, 6) is 0.250. The minimum absolute atomic E-state index is 0.0388. The summed E-state index contributed by atoms with van der Waals surface area (Å²) in [6, 6.07) is 5.07. The first kappa shape index (κ1) is 9.39. The van der Waals surface area contributed by atoms with E-state index in [2.05, 4.69) is 4.98 Å². The summed E-state index contributed by atoms with van der Waals surface area (Å²) in [5, 5.41) is 12.2. The number of ether oxygens (including phenoxy) is 1. The molecule has 0 atom stereocenters. The number of nitro groups is 1. The van der Waals surface area contributed by atoms with E-state index in [1.807, 2.05) is 0 Å². The number of nitro benzene ring substituents is 1.